The number of ether oxygens (including phenoxy) is 3. The average molecular weight is 485 g/mol. The van der Waals surface area contributed by atoms with E-state index in [2.05, 4.69) is 5.32 Å². The second-order valence-electron chi connectivity index (χ2n) is 8.81. The first kappa shape index (κ1) is 22.0. The van der Waals surface area contributed by atoms with Gasteiger partial charge in [-0.2, -0.15) is 0 Å². The molecule has 1 saturated heterocycles. The quantitative estimate of drug-likeness (QED) is 0.613. The Morgan fingerprint density at radius 2 is 1.69 bits per heavy atom. The lowest BCUT2D eigenvalue weighted by atomic mass is 10.0. The monoisotopic (exact) mass is 485 g/mol. The number of nitrogens with one attached hydrogen (secondary N) is 1. The highest BCUT2D eigenvalue weighted by Crippen LogP contribution is 2.37. The van der Waals surface area contributed by atoms with Crippen LogP contribution in [0.4, 0.5) is 5.69 Å². The number of rotatable bonds is 3. The Labute approximate surface area is 207 Å². The third kappa shape index (κ3) is 3.69. The molecule has 0 radical (unpaired) electrons. The number of fused-ring (bicyclic) bond motifs is 3. The minimum atomic E-state index is -0.783. The molecule has 0 spiro atoms. The molecule has 1 N–H and O–H groups in total. The molecule has 3 aromatic rings. The Morgan fingerprint density at radius 3 is 2.50 bits per heavy atom. The van der Waals surface area contributed by atoms with Gasteiger partial charge in [0, 0.05) is 18.7 Å². The van der Waals surface area contributed by atoms with Crippen molar-refractivity contribution in [3.05, 3.63) is 71.8 Å². The molecule has 3 heterocycles. The van der Waals surface area contributed by atoms with E-state index in [4.69, 9.17) is 14.2 Å². The summed E-state index contributed by atoms with van der Waals surface area (Å²) in [7, 11) is 1.56. The number of hydrogen-bond donors (Lipinski definition) is 1. The molecule has 3 aromatic carbocycles. The Morgan fingerprint density at radius 1 is 0.944 bits per heavy atom. The molecule has 6 rings (SSSR count). The second-order valence-corrected chi connectivity index (χ2v) is 8.81. The number of amides is 3. The molecule has 3 amide bonds. The minimum absolute atomic E-state index is 0.117. The van der Waals surface area contributed by atoms with Gasteiger partial charge in [0.15, 0.2) is 11.5 Å². The van der Waals surface area contributed by atoms with Gasteiger partial charge in [-0.25, -0.2) is 0 Å². The van der Waals surface area contributed by atoms with Gasteiger partial charge in [0.05, 0.1) is 24.9 Å². The smallest absolute Gasteiger partial charge is 0.256 e. The van der Waals surface area contributed by atoms with Crippen LogP contribution >= 0.6 is 0 Å². The van der Waals surface area contributed by atoms with Gasteiger partial charge in [-0.3, -0.25) is 14.4 Å². The SMILES string of the molecule is COc1ccc(C(=O)N2CCN3C(=O)c4cc(-c5ccc6c(c5)OCO6)ccc4NC(=O)C3C2)cc1. The predicted molar refractivity (Wildman–Crippen MR) is 130 cm³/mol. The average Bonchev–Trinajstić information content (AvgIpc) is 3.36. The molecular formula is C27H23N3O6. The Balaban J connectivity index is 1.25. The zero-order valence-corrected chi connectivity index (χ0v) is 19.5. The van der Waals surface area contributed by atoms with Gasteiger partial charge in [-0.05, 0) is 59.7 Å². The number of piperazine rings is 1. The van der Waals surface area contributed by atoms with Gasteiger partial charge in [-0.15, -0.1) is 0 Å². The van der Waals surface area contributed by atoms with Crippen LogP contribution in [-0.4, -0.2) is 67.1 Å². The molecule has 0 aliphatic carbocycles. The van der Waals surface area contributed by atoms with Gasteiger partial charge < -0.3 is 29.3 Å². The summed E-state index contributed by atoms with van der Waals surface area (Å²) in [5, 5.41) is 2.89. The van der Waals surface area contributed by atoms with E-state index in [1.807, 2.05) is 24.3 Å². The maximum absolute atomic E-state index is 13.6. The van der Waals surface area contributed by atoms with Gasteiger partial charge in [-0.1, -0.05) is 12.1 Å². The summed E-state index contributed by atoms with van der Waals surface area (Å²) >= 11 is 0. The highest BCUT2D eigenvalue weighted by Gasteiger charge is 2.40. The van der Waals surface area contributed by atoms with Crippen LogP contribution in [0, 0.1) is 0 Å². The van der Waals surface area contributed by atoms with E-state index in [1.165, 1.54) is 0 Å². The number of carbonyl (C=O) groups excluding carboxylic acids is 3. The first-order chi connectivity index (χ1) is 17.5. The van der Waals surface area contributed by atoms with Crippen molar-refractivity contribution in [1.82, 2.24) is 9.80 Å². The van der Waals surface area contributed by atoms with Crippen molar-refractivity contribution in [2.45, 2.75) is 6.04 Å². The van der Waals surface area contributed by atoms with E-state index in [0.29, 0.717) is 40.6 Å². The largest absolute Gasteiger partial charge is 0.497 e. The van der Waals surface area contributed by atoms with E-state index < -0.39 is 6.04 Å². The molecule has 1 unspecified atom stereocenters. The molecule has 1 fully saturated rings. The molecule has 9 nitrogen and oxygen atoms in total. The zero-order chi connectivity index (χ0) is 24.8. The topological polar surface area (TPSA) is 97.4 Å². The molecular weight excluding hydrogens is 462 g/mol. The summed E-state index contributed by atoms with van der Waals surface area (Å²) in [4.78, 5) is 43.0. The van der Waals surface area contributed by atoms with Crippen LogP contribution < -0.4 is 19.5 Å². The number of carbonyl (C=O) groups is 3. The van der Waals surface area contributed by atoms with E-state index in [1.54, 1.807) is 53.3 Å². The molecule has 1 atom stereocenters. The third-order valence-electron chi connectivity index (χ3n) is 6.78. The zero-order valence-electron chi connectivity index (χ0n) is 19.5. The summed E-state index contributed by atoms with van der Waals surface area (Å²) in [6, 6.07) is 17.0. The molecule has 9 heteroatoms. The van der Waals surface area contributed by atoms with Gasteiger partial charge in [0.2, 0.25) is 12.7 Å². The summed E-state index contributed by atoms with van der Waals surface area (Å²) < 4.78 is 16.0. The lowest BCUT2D eigenvalue weighted by Crippen LogP contribution is -2.59. The number of methoxy groups -OCH3 is 1. The van der Waals surface area contributed by atoms with Crippen molar-refractivity contribution in [2.24, 2.45) is 0 Å². The third-order valence-corrected chi connectivity index (χ3v) is 6.78. The van der Waals surface area contributed by atoms with E-state index >= 15 is 0 Å². The second kappa shape index (κ2) is 8.60. The number of anilines is 1. The van der Waals surface area contributed by atoms with E-state index in [0.717, 1.165) is 11.1 Å². The molecule has 36 heavy (non-hydrogen) atoms. The maximum Gasteiger partial charge on any atom is 0.256 e. The molecule has 0 saturated carbocycles. The highest BCUT2D eigenvalue weighted by molar-refractivity contribution is 6.11. The van der Waals surface area contributed by atoms with Crippen LogP contribution in [-0.2, 0) is 4.79 Å². The predicted octanol–water partition coefficient (Wildman–Crippen LogP) is 3.01. The first-order valence-electron chi connectivity index (χ1n) is 11.6. The van der Waals surface area contributed by atoms with Gasteiger partial charge in [0.1, 0.15) is 11.8 Å². The van der Waals surface area contributed by atoms with Crippen LogP contribution in [0.5, 0.6) is 17.2 Å². The van der Waals surface area contributed by atoms with Crippen LogP contribution in [0.2, 0.25) is 0 Å². The fourth-order valence-electron chi connectivity index (χ4n) is 4.81. The van der Waals surface area contributed by atoms with Crippen molar-refractivity contribution < 1.29 is 28.6 Å². The number of nitrogens with zero attached hydrogens (tertiary/aromatic N) is 2. The van der Waals surface area contributed by atoms with Crippen LogP contribution in [0.3, 0.4) is 0 Å². The van der Waals surface area contributed by atoms with E-state index in [9.17, 15) is 14.4 Å². The van der Waals surface area contributed by atoms with Gasteiger partial charge in [0.25, 0.3) is 11.8 Å². The number of benzene rings is 3. The van der Waals surface area contributed by atoms with Gasteiger partial charge >= 0.3 is 0 Å². The lowest BCUT2D eigenvalue weighted by Gasteiger charge is -2.39. The van der Waals surface area contributed by atoms with Crippen LogP contribution in [0.15, 0.2) is 60.7 Å². The van der Waals surface area contributed by atoms with Crippen LogP contribution in [0.1, 0.15) is 20.7 Å². The summed E-state index contributed by atoms with van der Waals surface area (Å²) in [5.74, 6) is 1.24. The summed E-state index contributed by atoms with van der Waals surface area (Å²) in [6.45, 7) is 0.886. The normalized spacial score (nSPS) is 18.2. The summed E-state index contributed by atoms with van der Waals surface area (Å²) in [5.41, 5.74) is 3.06. The van der Waals surface area contributed by atoms with Crippen molar-refractivity contribution in [2.75, 3.05) is 38.9 Å². The Kier molecular flexibility index (Phi) is 5.25. The van der Waals surface area contributed by atoms with Crippen molar-refractivity contribution in [1.29, 1.82) is 0 Å². The fraction of sp³-hybridized carbons (Fsp3) is 0.222. The van der Waals surface area contributed by atoms with Crippen LogP contribution in [0.25, 0.3) is 11.1 Å². The lowest BCUT2D eigenvalue weighted by molar-refractivity contribution is -0.121. The molecule has 182 valence electrons. The van der Waals surface area contributed by atoms with Crippen molar-refractivity contribution in [3.63, 3.8) is 0 Å². The number of hydrogen-bond acceptors (Lipinski definition) is 6. The molecule has 3 aliphatic rings. The molecule has 3 aliphatic heterocycles. The summed E-state index contributed by atoms with van der Waals surface area (Å²) in [6.07, 6.45) is 0. The standard InChI is InChI=1S/C27H23N3O6/c1-34-19-6-2-16(3-7-19)26(32)29-10-11-30-22(14-29)25(31)28-21-8-4-17(12-20(21)27(30)33)18-5-9-23-24(13-18)36-15-35-23/h2-9,12-13,22H,10-11,14-15H2,1H3,(H,28,31). The van der Waals surface area contributed by atoms with Crippen molar-refractivity contribution in [3.8, 4) is 28.4 Å². The van der Waals surface area contributed by atoms with Crippen molar-refractivity contribution >= 4 is 23.4 Å². The highest BCUT2D eigenvalue weighted by atomic mass is 16.7. The minimum Gasteiger partial charge on any atom is -0.497 e. The Hall–Kier alpha value is -4.53. The first-order valence-corrected chi connectivity index (χ1v) is 11.6. The fourth-order valence-corrected chi connectivity index (χ4v) is 4.81. The molecule has 0 bridgehead atoms. The Bertz CT molecular complexity index is 1390. The molecule has 0 aromatic heterocycles. The van der Waals surface area contributed by atoms with E-state index in [-0.39, 0.29) is 37.6 Å². The maximum atomic E-state index is 13.6.